The lowest BCUT2D eigenvalue weighted by molar-refractivity contribution is -0.385. The molecule has 1 amide bonds. The quantitative estimate of drug-likeness (QED) is 0.536. The van der Waals surface area contributed by atoms with Crippen LogP contribution in [0.25, 0.3) is 0 Å². The van der Waals surface area contributed by atoms with Crippen molar-refractivity contribution < 1.29 is 23.2 Å². The third-order valence-electron chi connectivity index (χ3n) is 5.06. The van der Waals surface area contributed by atoms with E-state index in [0.717, 1.165) is 18.9 Å². The van der Waals surface area contributed by atoms with Crippen LogP contribution in [0.15, 0.2) is 17.1 Å². The maximum absolute atomic E-state index is 14.8. The first-order chi connectivity index (χ1) is 13.5. The number of hydrogen-bond acceptors (Lipinski definition) is 6. The average molecular weight is 427 g/mol. The number of nitrogens with zero attached hydrogens (tertiary/aromatic N) is 2. The first kappa shape index (κ1) is 21.5. The maximum Gasteiger partial charge on any atom is 0.413 e. The molecule has 1 aliphatic carbocycles. The smallest absolute Gasteiger partial charge is 0.413 e. The number of carbonyl (C=O) groups excluding carboxylic acids is 1. The summed E-state index contributed by atoms with van der Waals surface area (Å²) in [6, 6.07) is 1.65. The molecule has 158 valence electrons. The maximum atomic E-state index is 14.8. The molecule has 29 heavy (non-hydrogen) atoms. The number of nitro benzene ring substituents is 1. The zero-order valence-corrected chi connectivity index (χ0v) is 17.3. The van der Waals surface area contributed by atoms with Crippen molar-refractivity contribution in [2.45, 2.75) is 57.6 Å². The number of amidine groups is 1. The van der Waals surface area contributed by atoms with E-state index in [2.05, 4.69) is 10.3 Å². The Balaban J connectivity index is 2.05. The van der Waals surface area contributed by atoms with Gasteiger partial charge in [-0.2, -0.15) is 0 Å². The molecule has 7 nitrogen and oxygen atoms in total. The number of non-ortho nitro benzene ring substituents is 1. The van der Waals surface area contributed by atoms with Crippen molar-refractivity contribution in [3.8, 4) is 0 Å². The number of rotatable bonds is 2. The number of carbonyl (C=O) groups is 1. The van der Waals surface area contributed by atoms with Gasteiger partial charge in [0.2, 0.25) is 0 Å². The lowest BCUT2D eigenvalue weighted by Crippen LogP contribution is -2.45. The molecule has 0 spiro atoms. The van der Waals surface area contributed by atoms with Crippen molar-refractivity contribution >= 4 is 28.7 Å². The molecule has 1 aromatic rings. The number of ether oxygens (including phenoxy) is 1. The third kappa shape index (κ3) is 4.52. The van der Waals surface area contributed by atoms with Crippen LogP contribution in [0.1, 0.15) is 52.0 Å². The average Bonchev–Trinajstić information content (AvgIpc) is 2.61. The Morgan fingerprint density at radius 3 is 2.76 bits per heavy atom. The summed E-state index contributed by atoms with van der Waals surface area (Å²) in [5, 5.41) is 14.0. The monoisotopic (exact) mass is 427 g/mol. The summed E-state index contributed by atoms with van der Waals surface area (Å²) in [4.78, 5) is 27.2. The second-order valence-corrected chi connectivity index (χ2v) is 9.28. The van der Waals surface area contributed by atoms with Crippen LogP contribution < -0.4 is 5.32 Å². The van der Waals surface area contributed by atoms with Crippen LogP contribution in [0.5, 0.6) is 0 Å². The molecule has 0 bridgehead atoms. The van der Waals surface area contributed by atoms with Crippen molar-refractivity contribution in [2.75, 3.05) is 5.75 Å². The summed E-state index contributed by atoms with van der Waals surface area (Å²) >= 11 is 1.30. The summed E-state index contributed by atoms with van der Waals surface area (Å²) in [6.45, 7) is 5.17. The van der Waals surface area contributed by atoms with E-state index in [0.29, 0.717) is 24.7 Å². The van der Waals surface area contributed by atoms with Gasteiger partial charge in [-0.05, 0) is 39.5 Å². The molecule has 0 radical (unpaired) electrons. The van der Waals surface area contributed by atoms with Gasteiger partial charge in [-0.25, -0.2) is 13.6 Å². The Hall–Kier alpha value is -2.23. The van der Waals surface area contributed by atoms with Gasteiger partial charge >= 0.3 is 6.09 Å². The second-order valence-electron chi connectivity index (χ2n) is 8.27. The minimum absolute atomic E-state index is 0.124. The third-order valence-corrected chi connectivity index (χ3v) is 6.09. The molecule has 1 aromatic carbocycles. The zero-order chi connectivity index (χ0) is 21.4. The fourth-order valence-electron chi connectivity index (χ4n) is 3.85. The number of alkyl carbamates (subject to hydrolysis) is 1. The Kier molecular flexibility index (Phi) is 5.84. The van der Waals surface area contributed by atoms with Crippen molar-refractivity contribution in [1.82, 2.24) is 5.32 Å². The second kappa shape index (κ2) is 7.89. The molecule has 10 heteroatoms. The standard InChI is InChI=1S/C19H23F2N3O4S/c1-18(2,3)28-17(25)22-16-23-19(7-5-4-6-11(19)10-29-16)13-8-12(24(26)27)9-14(20)15(13)21/h8-9,11H,4-7,10H2,1-3H3,(H,22,23,25)/t11?,19-/m0/s1. The summed E-state index contributed by atoms with van der Waals surface area (Å²) < 4.78 is 34.2. The number of aliphatic imine (C=N–C) groups is 1. The van der Waals surface area contributed by atoms with E-state index in [9.17, 15) is 23.7 Å². The highest BCUT2D eigenvalue weighted by Gasteiger charge is 2.48. The predicted molar refractivity (Wildman–Crippen MR) is 106 cm³/mol. The fraction of sp³-hybridized carbons (Fsp3) is 0.579. The molecule has 1 heterocycles. The van der Waals surface area contributed by atoms with E-state index < -0.39 is 39.5 Å². The van der Waals surface area contributed by atoms with Crippen LogP contribution in [-0.2, 0) is 10.3 Å². The molecule has 2 aliphatic rings. The molecule has 1 fully saturated rings. The molecule has 3 rings (SSSR count). The molecule has 2 atom stereocenters. The van der Waals surface area contributed by atoms with E-state index >= 15 is 0 Å². The van der Waals surface area contributed by atoms with Gasteiger partial charge in [-0.1, -0.05) is 24.6 Å². The number of fused-ring (bicyclic) bond motifs is 1. The van der Waals surface area contributed by atoms with Gasteiger partial charge in [0.15, 0.2) is 16.8 Å². The minimum Gasteiger partial charge on any atom is -0.444 e. The van der Waals surface area contributed by atoms with Gasteiger partial charge in [-0.15, -0.1) is 0 Å². The van der Waals surface area contributed by atoms with Crippen LogP contribution >= 0.6 is 11.8 Å². The Morgan fingerprint density at radius 1 is 1.38 bits per heavy atom. The van der Waals surface area contributed by atoms with Crippen LogP contribution in [0, 0.1) is 27.7 Å². The number of hydrogen-bond donors (Lipinski definition) is 1. The van der Waals surface area contributed by atoms with E-state index in [-0.39, 0.29) is 16.6 Å². The largest absolute Gasteiger partial charge is 0.444 e. The Bertz CT molecular complexity index is 872. The van der Waals surface area contributed by atoms with E-state index in [4.69, 9.17) is 4.74 Å². The number of benzene rings is 1. The summed E-state index contributed by atoms with van der Waals surface area (Å²) in [5.41, 5.74) is -2.51. The van der Waals surface area contributed by atoms with Crippen molar-refractivity contribution in [2.24, 2.45) is 10.9 Å². The highest BCUT2D eigenvalue weighted by atomic mass is 32.2. The van der Waals surface area contributed by atoms with Crippen LogP contribution in [0.2, 0.25) is 0 Å². The number of nitrogens with one attached hydrogen (secondary N) is 1. The molecular weight excluding hydrogens is 404 g/mol. The summed E-state index contributed by atoms with van der Waals surface area (Å²) in [6.07, 6.45) is 2.08. The highest BCUT2D eigenvalue weighted by Crippen LogP contribution is 2.50. The van der Waals surface area contributed by atoms with Crippen molar-refractivity contribution in [3.05, 3.63) is 39.4 Å². The number of nitro groups is 1. The topological polar surface area (TPSA) is 93.8 Å². The van der Waals surface area contributed by atoms with Gasteiger partial charge < -0.3 is 4.74 Å². The molecule has 1 unspecified atom stereocenters. The van der Waals surface area contributed by atoms with Gasteiger partial charge in [-0.3, -0.25) is 20.4 Å². The highest BCUT2D eigenvalue weighted by molar-refractivity contribution is 8.13. The molecule has 0 aromatic heterocycles. The predicted octanol–water partition coefficient (Wildman–Crippen LogP) is 4.89. The van der Waals surface area contributed by atoms with Gasteiger partial charge in [0, 0.05) is 17.4 Å². The first-order valence-corrected chi connectivity index (χ1v) is 10.4. The molecule has 1 N–H and O–H groups in total. The summed E-state index contributed by atoms with van der Waals surface area (Å²) in [7, 11) is 0. The van der Waals surface area contributed by atoms with E-state index in [1.54, 1.807) is 20.8 Å². The van der Waals surface area contributed by atoms with Crippen molar-refractivity contribution in [3.63, 3.8) is 0 Å². The van der Waals surface area contributed by atoms with Crippen LogP contribution in [0.3, 0.4) is 0 Å². The van der Waals surface area contributed by atoms with Crippen molar-refractivity contribution in [1.29, 1.82) is 0 Å². The first-order valence-electron chi connectivity index (χ1n) is 9.38. The normalized spacial score (nSPS) is 24.3. The lowest BCUT2D eigenvalue weighted by atomic mass is 9.69. The van der Waals surface area contributed by atoms with E-state index in [1.807, 2.05) is 0 Å². The SMILES string of the molecule is CC(C)(C)OC(=O)NC1=N[C@@]2(c3cc([N+](=O)[O-])cc(F)c3F)CCCCC2CS1. The number of amides is 1. The van der Waals surface area contributed by atoms with Gasteiger partial charge in [0.05, 0.1) is 16.5 Å². The van der Waals surface area contributed by atoms with Gasteiger partial charge in [0.1, 0.15) is 5.60 Å². The Labute approximate surface area is 171 Å². The van der Waals surface area contributed by atoms with Crippen LogP contribution in [-0.4, -0.2) is 27.5 Å². The fourth-order valence-corrected chi connectivity index (χ4v) is 5.04. The van der Waals surface area contributed by atoms with Crippen LogP contribution in [0.4, 0.5) is 19.3 Å². The Morgan fingerprint density at radius 2 is 2.10 bits per heavy atom. The molecular formula is C19H23F2N3O4S. The molecule has 1 aliphatic heterocycles. The molecule has 1 saturated carbocycles. The minimum atomic E-state index is -1.28. The van der Waals surface area contributed by atoms with Gasteiger partial charge in [0.25, 0.3) is 5.69 Å². The lowest BCUT2D eigenvalue weighted by Gasteiger charge is -2.44. The van der Waals surface area contributed by atoms with E-state index in [1.165, 1.54) is 11.8 Å². The summed E-state index contributed by atoms with van der Waals surface area (Å²) in [5.74, 6) is -2.00. The zero-order valence-electron chi connectivity index (χ0n) is 16.5. The molecule has 0 saturated heterocycles. The number of thioether (sulfide) groups is 1. The number of halogens is 2.